The van der Waals surface area contributed by atoms with Crippen molar-refractivity contribution in [2.75, 3.05) is 5.73 Å². The summed E-state index contributed by atoms with van der Waals surface area (Å²) in [7, 11) is 0. The first-order chi connectivity index (χ1) is 7.43. The van der Waals surface area contributed by atoms with Gasteiger partial charge in [0.15, 0.2) is 5.11 Å². The van der Waals surface area contributed by atoms with E-state index >= 15 is 0 Å². The number of rotatable bonds is 1. The number of nitrogens with two attached hydrogens (primary N) is 3. The number of anilines is 1. The van der Waals surface area contributed by atoms with Crippen LogP contribution in [0, 0.1) is 0 Å². The molecule has 16 heavy (non-hydrogen) atoms. The monoisotopic (exact) mass is 241 g/mol. The first kappa shape index (κ1) is 16.4. The zero-order valence-electron chi connectivity index (χ0n) is 8.72. The predicted molar refractivity (Wildman–Crippen MR) is 70.0 cm³/mol. The van der Waals surface area contributed by atoms with Crippen molar-refractivity contribution in [3.05, 3.63) is 43.0 Å². The number of hydrogen-bond acceptors (Lipinski definition) is 3. The van der Waals surface area contributed by atoms with E-state index in [9.17, 15) is 4.79 Å². The lowest BCUT2D eigenvalue weighted by Gasteiger charge is -1.93. The van der Waals surface area contributed by atoms with Crippen molar-refractivity contribution in [2.45, 2.75) is 0 Å². The standard InChI is InChI=1S/C7H7NO2.C2H4.CH4N2S/c8-6-3-1-5(2-4-6)7(9)10;1-2;2-1(3)4/h1-4H,8H2,(H,9,10);1-2H2;(H4,2,3,4). The van der Waals surface area contributed by atoms with Crippen LogP contribution in [0.2, 0.25) is 0 Å². The molecule has 0 atom stereocenters. The minimum atomic E-state index is -0.931. The van der Waals surface area contributed by atoms with Crippen LogP contribution < -0.4 is 17.2 Å². The van der Waals surface area contributed by atoms with E-state index in [-0.39, 0.29) is 10.7 Å². The van der Waals surface area contributed by atoms with Crippen LogP contribution in [0.5, 0.6) is 0 Å². The quantitative estimate of drug-likeness (QED) is 0.330. The topological polar surface area (TPSA) is 115 Å². The highest BCUT2D eigenvalue weighted by Gasteiger charge is 1.98. The van der Waals surface area contributed by atoms with Gasteiger partial charge in [0, 0.05) is 5.69 Å². The van der Waals surface area contributed by atoms with Crippen molar-refractivity contribution in [3.8, 4) is 0 Å². The van der Waals surface area contributed by atoms with Crippen molar-refractivity contribution >= 4 is 29.0 Å². The lowest BCUT2D eigenvalue weighted by molar-refractivity contribution is 0.0697. The van der Waals surface area contributed by atoms with Gasteiger partial charge >= 0.3 is 5.97 Å². The Labute approximate surface area is 99.5 Å². The number of carboxylic acids is 1. The highest BCUT2D eigenvalue weighted by Crippen LogP contribution is 2.04. The largest absolute Gasteiger partial charge is 0.478 e. The highest BCUT2D eigenvalue weighted by molar-refractivity contribution is 7.80. The summed E-state index contributed by atoms with van der Waals surface area (Å²) in [4.78, 5) is 10.3. The lowest BCUT2D eigenvalue weighted by Crippen LogP contribution is -2.18. The molecule has 0 heterocycles. The molecule has 0 saturated heterocycles. The van der Waals surface area contributed by atoms with Crippen LogP contribution in [0.3, 0.4) is 0 Å². The molecular formula is C10H15N3O2S. The molecule has 0 bridgehead atoms. The molecule has 0 amide bonds. The Morgan fingerprint density at radius 2 is 1.50 bits per heavy atom. The molecule has 6 heteroatoms. The van der Waals surface area contributed by atoms with Gasteiger partial charge in [-0.25, -0.2) is 4.79 Å². The summed E-state index contributed by atoms with van der Waals surface area (Å²) in [5.74, 6) is -0.931. The number of hydrogen-bond donors (Lipinski definition) is 4. The summed E-state index contributed by atoms with van der Waals surface area (Å²) < 4.78 is 0. The smallest absolute Gasteiger partial charge is 0.335 e. The van der Waals surface area contributed by atoms with Gasteiger partial charge in [0.1, 0.15) is 0 Å². The average Bonchev–Trinajstić information content (AvgIpc) is 2.20. The van der Waals surface area contributed by atoms with Gasteiger partial charge in [-0.1, -0.05) is 0 Å². The summed E-state index contributed by atoms with van der Waals surface area (Å²) in [6.07, 6.45) is 0. The Morgan fingerprint density at radius 3 is 1.75 bits per heavy atom. The molecule has 5 nitrogen and oxygen atoms in total. The van der Waals surface area contributed by atoms with Gasteiger partial charge in [-0.3, -0.25) is 0 Å². The Morgan fingerprint density at radius 1 is 1.19 bits per heavy atom. The number of benzene rings is 1. The van der Waals surface area contributed by atoms with Crippen LogP contribution in [0.25, 0.3) is 0 Å². The maximum atomic E-state index is 10.3. The van der Waals surface area contributed by atoms with Crippen molar-refractivity contribution in [3.63, 3.8) is 0 Å². The number of carbonyl (C=O) groups is 1. The molecular weight excluding hydrogens is 226 g/mol. The van der Waals surface area contributed by atoms with E-state index < -0.39 is 5.97 Å². The van der Waals surface area contributed by atoms with Crippen molar-refractivity contribution in [2.24, 2.45) is 11.5 Å². The van der Waals surface area contributed by atoms with Gasteiger partial charge in [0.25, 0.3) is 0 Å². The average molecular weight is 241 g/mol. The van der Waals surface area contributed by atoms with Gasteiger partial charge in [-0.15, -0.1) is 13.2 Å². The number of carboxylic acid groups (broad SMARTS) is 1. The van der Waals surface area contributed by atoms with Crippen LogP contribution in [-0.2, 0) is 0 Å². The fourth-order valence-electron chi connectivity index (χ4n) is 0.626. The second-order valence-corrected chi connectivity index (χ2v) is 2.80. The molecule has 88 valence electrons. The van der Waals surface area contributed by atoms with Crippen LogP contribution in [0.15, 0.2) is 37.4 Å². The third-order valence-electron chi connectivity index (χ3n) is 1.16. The van der Waals surface area contributed by atoms with E-state index in [1.54, 1.807) is 12.1 Å². The molecule has 0 aliphatic carbocycles. The summed E-state index contributed by atoms with van der Waals surface area (Å²) in [5, 5.41) is 8.43. The lowest BCUT2D eigenvalue weighted by atomic mass is 10.2. The maximum absolute atomic E-state index is 10.3. The molecule has 0 aliphatic heterocycles. The summed E-state index contributed by atoms with van der Waals surface area (Å²) in [5.41, 5.74) is 15.4. The second-order valence-electron chi connectivity index (χ2n) is 2.33. The molecule has 0 aliphatic rings. The van der Waals surface area contributed by atoms with Crippen LogP contribution >= 0.6 is 12.2 Å². The SMILES string of the molecule is C=C.NC(N)=S.Nc1ccc(C(=O)O)cc1. The maximum Gasteiger partial charge on any atom is 0.335 e. The normalized spacial score (nSPS) is 7.50. The Balaban J connectivity index is 0. The number of aromatic carboxylic acids is 1. The van der Waals surface area contributed by atoms with Gasteiger partial charge in [-0.2, -0.15) is 0 Å². The second kappa shape index (κ2) is 9.47. The highest BCUT2D eigenvalue weighted by atomic mass is 32.1. The minimum Gasteiger partial charge on any atom is -0.478 e. The fourth-order valence-corrected chi connectivity index (χ4v) is 0.626. The molecule has 0 saturated carbocycles. The Kier molecular flexibility index (Phi) is 9.68. The van der Waals surface area contributed by atoms with Crippen molar-refractivity contribution < 1.29 is 9.90 Å². The fraction of sp³-hybridized carbons (Fsp3) is 0. The van der Waals surface area contributed by atoms with Crippen molar-refractivity contribution in [1.82, 2.24) is 0 Å². The molecule has 1 aromatic rings. The van der Waals surface area contributed by atoms with Crippen molar-refractivity contribution in [1.29, 1.82) is 0 Å². The zero-order valence-corrected chi connectivity index (χ0v) is 9.54. The molecule has 0 spiro atoms. The van der Waals surface area contributed by atoms with Gasteiger partial charge in [-0.05, 0) is 36.5 Å². The molecule has 7 N–H and O–H groups in total. The van der Waals surface area contributed by atoms with E-state index in [0.29, 0.717) is 5.69 Å². The Bertz CT molecular complexity index is 334. The summed E-state index contributed by atoms with van der Waals surface area (Å²) in [6.45, 7) is 6.00. The van der Waals surface area contributed by atoms with Gasteiger partial charge in [0.05, 0.1) is 5.56 Å². The minimum absolute atomic E-state index is 0.000000000000000222. The van der Waals surface area contributed by atoms with E-state index in [4.69, 9.17) is 10.8 Å². The first-order valence-electron chi connectivity index (χ1n) is 4.07. The van der Waals surface area contributed by atoms with E-state index in [2.05, 4.69) is 36.8 Å². The first-order valence-corrected chi connectivity index (χ1v) is 4.48. The molecule has 0 aromatic heterocycles. The molecule has 1 rings (SSSR count). The molecule has 0 radical (unpaired) electrons. The Hall–Kier alpha value is -2.08. The van der Waals surface area contributed by atoms with E-state index in [1.807, 2.05) is 0 Å². The number of nitrogen functional groups attached to an aromatic ring is 1. The van der Waals surface area contributed by atoms with E-state index in [0.717, 1.165) is 0 Å². The predicted octanol–water partition coefficient (Wildman–Crippen LogP) is 0.958. The molecule has 0 unspecified atom stereocenters. The third-order valence-corrected chi connectivity index (χ3v) is 1.16. The number of thiocarbonyl (C=S) groups is 1. The van der Waals surface area contributed by atoms with Gasteiger partial charge < -0.3 is 22.3 Å². The molecule has 0 fully saturated rings. The summed E-state index contributed by atoms with van der Waals surface area (Å²) in [6, 6.07) is 6.06. The summed E-state index contributed by atoms with van der Waals surface area (Å²) >= 11 is 4.09. The van der Waals surface area contributed by atoms with Gasteiger partial charge in [0.2, 0.25) is 0 Å². The van der Waals surface area contributed by atoms with Crippen LogP contribution in [0.1, 0.15) is 10.4 Å². The van der Waals surface area contributed by atoms with E-state index in [1.165, 1.54) is 12.1 Å². The van der Waals surface area contributed by atoms with Crippen LogP contribution in [-0.4, -0.2) is 16.2 Å². The van der Waals surface area contributed by atoms with Crippen LogP contribution in [0.4, 0.5) is 5.69 Å². The zero-order chi connectivity index (χ0) is 13.1. The third kappa shape index (κ3) is 10.0. The molecule has 1 aromatic carbocycles.